The molecule has 0 saturated carbocycles. The third kappa shape index (κ3) is 4.05. The number of amides is 1. The Balaban J connectivity index is 1.70. The number of H-pyrrole nitrogens is 1. The van der Waals surface area contributed by atoms with E-state index in [1.54, 1.807) is 14.0 Å². The van der Waals surface area contributed by atoms with E-state index in [1.165, 1.54) is 23.9 Å². The zero-order valence-electron chi connectivity index (χ0n) is 13.5. The molecule has 1 amide bonds. The number of carbonyl (C=O) groups is 1. The van der Waals surface area contributed by atoms with Gasteiger partial charge in [0.15, 0.2) is 5.16 Å². The molecule has 5 nitrogen and oxygen atoms in total. The highest BCUT2D eigenvalue weighted by atomic mass is 35.5. The first-order valence-corrected chi connectivity index (χ1v) is 8.68. The van der Waals surface area contributed by atoms with Crippen molar-refractivity contribution in [2.45, 2.75) is 17.3 Å². The number of imidazole rings is 1. The lowest BCUT2D eigenvalue weighted by Gasteiger charge is -2.11. The molecular formula is C17H15ClFN3O2S. The number of fused-ring (bicyclic) bond motifs is 1. The number of nitrogens with zero attached hydrogens (tertiary/aromatic N) is 1. The summed E-state index contributed by atoms with van der Waals surface area (Å²) in [5, 5.41) is 3.04. The molecule has 1 heterocycles. The van der Waals surface area contributed by atoms with Crippen LogP contribution in [0.5, 0.6) is 5.75 Å². The summed E-state index contributed by atoms with van der Waals surface area (Å²) in [5.74, 6) is 0.0177. The fourth-order valence-corrected chi connectivity index (χ4v) is 3.23. The first-order valence-electron chi connectivity index (χ1n) is 7.42. The average molecular weight is 380 g/mol. The Morgan fingerprint density at radius 1 is 1.36 bits per heavy atom. The van der Waals surface area contributed by atoms with Crippen molar-refractivity contribution in [3.63, 3.8) is 0 Å². The highest BCUT2D eigenvalue weighted by Crippen LogP contribution is 2.27. The second kappa shape index (κ2) is 7.33. The van der Waals surface area contributed by atoms with Crippen LogP contribution in [0.2, 0.25) is 5.02 Å². The number of halogens is 2. The number of carbonyl (C=O) groups excluding carboxylic acids is 1. The fourth-order valence-electron chi connectivity index (χ4n) is 2.19. The Hall–Kier alpha value is -2.25. The zero-order valence-corrected chi connectivity index (χ0v) is 15.0. The van der Waals surface area contributed by atoms with Crippen molar-refractivity contribution in [3.05, 3.63) is 47.2 Å². The van der Waals surface area contributed by atoms with Crippen LogP contribution in [0.15, 0.2) is 41.6 Å². The van der Waals surface area contributed by atoms with Crippen molar-refractivity contribution in [2.75, 3.05) is 12.4 Å². The van der Waals surface area contributed by atoms with Gasteiger partial charge in [0.1, 0.15) is 11.6 Å². The van der Waals surface area contributed by atoms with Crippen molar-refractivity contribution >= 4 is 46.0 Å². The van der Waals surface area contributed by atoms with Crippen LogP contribution < -0.4 is 10.1 Å². The standard InChI is InChI=1S/C17H15ClFN3O2S/c1-9(16(23)20-13-5-3-10(19)7-12(13)18)25-17-21-14-6-4-11(24-2)8-15(14)22-17/h3-9H,1-2H3,(H,20,23)(H,21,22). The lowest BCUT2D eigenvalue weighted by Crippen LogP contribution is -2.22. The van der Waals surface area contributed by atoms with Gasteiger partial charge in [0.2, 0.25) is 5.91 Å². The monoisotopic (exact) mass is 379 g/mol. The lowest BCUT2D eigenvalue weighted by molar-refractivity contribution is -0.115. The van der Waals surface area contributed by atoms with Gasteiger partial charge >= 0.3 is 0 Å². The molecule has 0 bridgehead atoms. The molecule has 0 aliphatic rings. The quantitative estimate of drug-likeness (QED) is 0.641. The van der Waals surface area contributed by atoms with Crippen LogP contribution in [-0.2, 0) is 4.79 Å². The first-order chi connectivity index (χ1) is 12.0. The normalized spacial score (nSPS) is 12.2. The molecule has 1 unspecified atom stereocenters. The molecule has 3 rings (SSSR count). The van der Waals surface area contributed by atoms with Crippen LogP contribution in [0.25, 0.3) is 11.0 Å². The molecule has 1 atom stereocenters. The number of hydrogen-bond acceptors (Lipinski definition) is 4. The van der Waals surface area contributed by atoms with Gasteiger partial charge in [0, 0.05) is 6.07 Å². The molecule has 0 spiro atoms. The van der Waals surface area contributed by atoms with Crippen molar-refractivity contribution in [2.24, 2.45) is 0 Å². The Morgan fingerprint density at radius 2 is 2.16 bits per heavy atom. The third-order valence-electron chi connectivity index (χ3n) is 3.51. The second-order valence-corrected chi connectivity index (χ2v) is 7.04. The van der Waals surface area contributed by atoms with Gasteiger partial charge in [0.05, 0.1) is 34.1 Å². The van der Waals surface area contributed by atoms with Crippen molar-refractivity contribution in [1.82, 2.24) is 9.97 Å². The van der Waals surface area contributed by atoms with E-state index in [0.717, 1.165) is 22.8 Å². The maximum Gasteiger partial charge on any atom is 0.237 e. The van der Waals surface area contributed by atoms with Gasteiger partial charge in [-0.15, -0.1) is 0 Å². The molecule has 25 heavy (non-hydrogen) atoms. The summed E-state index contributed by atoms with van der Waals surface area (Å²) in [6, 6.07) is 9.34. The summed E-state index contributed by atoms with van der Waals surface area (Å²) in [4.78, 5) is 19.9. The summed E-state index contributed by atoms with van der Waals surface area (Å²) < 4.78 is 18.2. The van der Waals surface area contributed by atoms with E-state index in [9.17, 15) is 9.18 Å². The number of hydrogen-bond donors (Lipinski definition) is 2. The zero-order chi connectivity index (χ0) is 18.0. The summed E-state index contributed by atoms with van der Waals surface area (Å²) in [6.45, 7) is 1.76. The first kappa shape index (κ1) is 17.6. The van der Waals surface area contributed by atoms with Crippen LogP contribution in [0.4, 0.5) is 10.1 Å². The number of methoxy groups -OCH3 is 1. The Labute approximate surface area is 152 Å². The molecule has 3 aromatic rings. The van der Waals surface area contributed by atoms with Gasteiger partial charge < -0.3 is 15.0 Å². The highest BCUT2D eigenvalue weighted by molar-refractivity contribution is 8.00. The van der Waals surface area contributed by atoms with Crippen LogP contribution in [0.3, 0.4) is 0 Å². The molecule has 2 aromatic carbocycles. The number of aromatic amines is 1. The van der Waals surface area contributed by atoms with E-state index < -0.39 is 11.1 Å². The number of anilines is 1. The SMILES string of the molecule is COc1ccc2nc(SC(C)C(=O)Nc3ccc(F)cc3Cl)[nH]c2c1. The van der Waals surface area contributed by atoms with E-state index in [2.05, 4.69) is 15.3 Å². The largest absolute Gasteiger partial charge is 0.497 e. The van der Waals surface area contributed by atoms with Gasteiger partial charge in [-0.2, -0.15) is 0 Å². The molecule has 1 aromatic heterocycles. The molecule has 0 radical (unpaired) electrons. The maximum absolute atomic E-state index is 13.1. The molecule has 0 saturated heterocycles. The van der Waals surface area contributed by atoms with Gasteiger partial charge in [-0.25, -0.2) is 9.37 Å². The summed E-state index contributed by atoms with van der Waals surface area (Å²) in [6.07, 6.45) is 0. The summed E-state index contributed by atoms with van der Waals surface area (Å²) in [5.41, 5.74) is 1.99. The number of ether oxygens (including phenoxy) is 1. The van der Waals surface area contributed by atoms with Gasteiger partial charge in [-0.3, -0.25) is 4.79 Å². The maximum atomic E-state index is 13.1. The number of aromatic nitrogens is 2. The Morgan fingerprint density at radius 3 is 2.88 bits per heavy atom. The minimum Gasteiger partial charge on any atom is -0.497 e. The van der Waals surface area contributed by atoms with Crippen LogP contribution in [0.1, 0.15) is 6.92 Å². The van der Waals surface area contributed by atoms with Crippen molar-refractivity contribution in [1.29, 1.82) is 0 Å². The summed E-state index contributed by atoms with van der Waals surface area (Å²) >= 11 is 7.21. The molecular weight excluding hydrogens is 365 g/mol. The number of thioether (sulfide) groups is 1. The van der Waals surface area contributed by atoms with Gasteiger partial charge in [-0.1, -0.05) is 23.4 Å². The molecule has 8 heteroatoms. The number of benzene rings is 2. The lowest BCUT2D eigenvalue weighted by atomic mass is 10.3. The smallest absolute Gasteiger partial charge is 0.237 e. The van der Waals surface area contributed by atoms with E-state index in [1.807, 2.05) is 18.2 Å². The Kier molecular flexibility index (Phi) is 5.15. The molecule has 0 aliphatic carbocycles. The third-order valence-corrected chi connectivity index (χ3v) is 4.81. The van der Waals surface area contributed by atoms with E-state index in [4.69, 9.17) is 16.3 Å². The van der Waals surface area contributed by atoms with Crippen LogP contribution in [0, 0.1) is 5.82 Å². The van der Waals surface area contributed by atoms with E-state index >= 15 is 0 Å². The molecule has 130 valence electrons. The highest BCUT2D eigenvalue weighted by Gasteiger charge is 2.18. The van der Waals surface area contributed by atoms with E-state index in [-0.39, 0.29) is 10.9 Å². The topological polar surface area (TPSA) is 67.0 Å². The molecule has 2 N–H and O–H groups in total. The van der Waals surface area contributed by atoms with Gasteiger partial charge in [-0.05, 0) is 37.3 Å². The number of rotatable bonds is 5. The van der Waals surface area contributed by atoms with E-state index in [0.29, 0.717) is 10.8 Å². The van der Waals surface area contributed by atoms with Gasteiger partial charge in [0.25, 0.3) is 0 Å². The Bertz CT molecular complexity index is 931. The predicted octanol–water partition coefficient (Wildman–Crippen LogP) is 4.48. The number of nitrogens with one attached hydrogen (secondary N) is 2. The molecule has 0 fully saturated rings. The second-order valence-electron chi connectivity index (χ2n) is 5.30. The van der Waals surface area contributed by atoms with Crippen LogP contribution >= 0.6 is 23.4 Å². The minimum atomic E-state index is -0.455. The average Bonchev–Trinajstić information content (AvgIpc) is 2.98. The van der Waals surface area contributed by atoms with Crippen LogP contribution in [-0.4, -0.2) is 28.2 Å². The predicted molar refractivity (Wildman–Crippen MR) is 98.0 cm³/mol. The van der Waals surface area contributed by atoms with Crippen molar-refractivity contribution < 1.29 is 13.9 Å². The fraction of sp³-hybridized carbons (Fsp3) is 0.176. The van der Waals surface area contributed by atoms with Crippen molar-refractivity contribution in [3.8, 4) is 5.75 Å². The minimum absolute atomic E-state index is 0.154. The summed E-state index contributed by atoms with van der Waals surface area (Å²) in [7, 11) is 1.60. The molecule has 0 aliphatic heterocycles.